The number of ether oxygens (including phenoxy) is 1. The average molecular weight is 187 g/mol. The number of hydrogen-bond donors (Lipinski definition) is 2. The third kappa shape index (κ3) is 3.25. The monoisotopic (exact) mass is 187 g/mol. The standard InChI is InChI=1S/C10H21NO2/c1-4-10(2,3)7-11-8-5-13-6-9(8)12/h8-9,11-12H,4-7H2,1-3H3. The van der Waals surface area contributed by atoms with Crippen LogP contribution in [0, 0.1) is 5.41 Å². The quantitative estimate of drug-likeness (QED) is 0.683. The van der Waals surface area contributed by atoms with Gasteiger partial charge in [-0.25, -0.2) is 0 Å². The maximum absolute atomic E-state index is 9.47. The van der Waals surface area contributed by atoms with E-state index in [2.05, 4.69) is 26.1 Å². The molecule has 78 valence electrons. The minimum Gasteiger partial charge on any atom is -0.389 e. The molecule has 0 spiro atoms. The lowest BCUT2D eigenvalue weighted by Gasteiger charge is -2.26. The van der Waals surface area contributed by atoms with Crippen molar-refractivity contribution >= 4 is 0 Å². The Morgan fingerprint density at radius 3 is 2.62 bits per heavy atom. The summed E-state index contributed by atoms with van der Waals surface area (Å²) in [6.45, 7) is 8.69. The lowest BCUT2D eigenvalue weighted by molar-refractivity contribution is 0.121. The number of nitrogens with one attached hydrogen (secondary N) is 1. The Labute approximate surface area is 80.5 Å². The van der Waals surface area contributed by atoms with E-state index in [1.54, 1.807) is 0 Å². The first-order chi connectivity index (χ1) is 6.05. The summed E-state index contributed by atoms with van der Waals surface area (Å²) in [4.78, 5) is 0. The largest absolute Gasteiger partial charge is 0.389 e. The zero-order valence-corrected chi connectivity index (χ0v) is 8.84. The molecule has 1 aliphatic rings. The molecule has 2 unspecified atom stereocenters. The van der Waals surface area contributed by atoms with Gasteiger partial charge < -0.3 is 15.2 Å². The Hall–Kier alpha value is -0.120. The van der Waals surface area contributed by atoms with Gasteiger partial charge in [-0.2, -0.15) is 0 Å². The van der Waals surface area contributed by atoms with E-state index in [-0.39, 0.29) is 12.1 Å². The van der Waals surface area contributed by atoms with Gasteiger partial charge in [-0.3, -0.25) is 0 Å². The van der Waals surface area contributed by atoms with Crippen LogP contribution in [0.4, 0.5) is 0 Å². The molecule has 0 amide bonds. The molecule has 2 N–H and O–H groups in total. The summed E-state index contributed by atoms with van der Waals surface area (Å²) in [7, 11) is 0. The summed E-state index contributed by atoms with van der Waals surface area (Å²) in [6, 6.07) is 0.130. The van der Waals surface area contributed by atoms with E-state index >= 15 is 0 Å². The van der Waals surface area contributed by atoms with Gasteiger partial charge in [-0.1, -0.05) is 20.8 Å². The molecule has 1 aliphatic heterocycles. The lowest BCUT2D eigenvalue weighted by Crippen LogP contribution is -2.43. The van der Waals surface area contributed by atoms with Crippen LogP contribution in [0.5, 0.6) is 0 Å². The molecule has 0 bridgehead atoms. The fourth-order valence-corrected chi connectivity index (χ4v) is 1.27. The van der Waals surface area contributed by atoms with Crippen molar-refractivity contribution in [2.45, 2.75) is 39.3 Å². The van der Waals surface area contributed by atoms with E-state index in [0.29, 0.717) is 18.6 Å². The van der Waals surface area contributed by atoms with Crippen molar-refractivity contribution in [1.82, 2.24) is 5.32 Å². The van der Waals surface area contributed by atoms with Crippen LogP contribution >= 0.6 is 0 Å². The highest BCUT2D eigenvalue weighted by atomic mass is 16.5. The molecule has 1 saturated heterocycles. The van der Waals surface area contributed by atoms with Gasteiger partial charge in [0.15, 0.2) is 0 Å². The molecule has 1 heterocycles. The minimum atomic E-state index is -0.326. The van der Waals surface area contributed by atoms with Crippen molar-refractivity contribution in [2.75, 3.05) is 19.8 Å². The van der Waals surface area contributed by atoms with Crippen LogP contribution in [0.3, 0.4) is 0 Å². The molecule has 3 nitrogen and oxygen atoms in total. The third-order valence-electron chi connectivity index (χ3n) is 2.85. The Bertz CT molecular complexity index is 159. The maximum atomic E-state index is 9.47. The van der Waals surface area contributed by atoms with Crippen LogP contribution in [0.1, 0.15) is 27.2 Å². The van der Waals surface area contributed by atoms with Gasteiger partial charge in [0.25, 0.3) is 0 Å². The predicted octanol–water partition coefficient (Wildman–Crippen LogP) is 0.772. The Kier molecular flexibility index (Phi) is 3.71. The lowest BCUT2D eigenvalue weighted by atomic mass is 9.90. The summed E-state index contributed by atoms with van der Waals surface area (Å²) in [5, 5.41) is 12.8. The highest BCUT2D eigenvalue weighted by Gasteiger charge is 2.27. The summed E-state index contributed by atoms with van der Waals surface area (Å²) >= 11 is 0. The Morgan fingerprint density at radius 1 is 1.46 bits per heavy atom. The topological polar surface area (TPSA) is 41.5 Å². The van der Waals surface area contributed by atoms with Crippen LogP contribution in [-0.2, 0) is 4.74 Å². The van der Waals surface area contributed by atoms with Crippen LogP contribution in [0.25, 0.3) is 0 Å². The Morgan fingerprint density at radius 2 is 2.15 bits per heavy atom. The molecule has 0 aromatic heterocycles. The first-order valence-corrected chi connectivity index (χ1v) is 5.04. The van der Waals surface area contributed by atoms with Crippen molar-refractivity contribution in [3.63, 3.8) is 0 Å². The summed E-state index contributed by atoms with van der Waals surface area (Å²) in [5.74, 6) is 0. The smallest absolute Gasteiger partial charge is 0.0948 e. The molecule has 1 fully saturated rings. The van der Waals surface area contributed by atoms with Crippen LogP contribution in [0.15, 0.2) is 0 Å². The molecule has 13 heavy (non-hydrogen) atoms. The second kappa shape index (κ2) is 4.40. The minimum absolute atomic E-state index is 0.130. The second-order valence-corrected chi connectivity index (χ2v) is 4.61. The van der Waals surface area contributed by atoms with Gasteiger partial charge in [-0.05, 0) is 11.8 Å². The highest BCUT2D eigenvalue weighted by molar-refractivity contribution is 4.82. The van der Waals surface area contributed by atoms with Gasteiger partial charge in [0.05, 0.1) is 25.4 Å². The molecular weight excluding hydrogens is 166 g/mol. The van der Waals surface area contributed by atoms with E-state index in [9.17, 15) is 5.11 Å². The number of aliphatic hydroxyl groups excluding tert-OH is 1. The fraction of sp³-hybridized carbons (Fsp3) is 1.00. The highest BCUT2D eigenvalue weighted by Crippen LogP contribution is 2.18. The molecule has 0 radical (unpaired) electrons. The number of aliphatic hydroxyl groups is 1. The maximum Gasteiger partial charge on any atom is 0.0948 e. The summed E-state index contributed by atoms with van der Waals surface area (Å²) < 4.78 is 5.16. The zero-order valence-electron chi connectivity index (χ0n) is 8.84. The van der Waals surface area contributed by atoms with E-state index < -0.39 is 0 Å². The number of rotatable bonds is 4. The Balaban J connectivity index is 2.25. The molecule has 1 rings (SSSR count). The predicted molar refractivity (Wildman–Crippen MR) is 52.7 cm³/mol. The molecule has 0 aliphatic carbocycles. The summed E-state index contributed by atoms with van der Waals surface area (Å²) in [5.41, 5.74) is 0.308. The van der Waals surface area contributed by atoms with Crippen molar-refractivity contribution in [2.24, 2.45) is 5.41 Å². The summed E-state index contributed by atoms with van der Waals surface area (Å²) in [6.07, 6.45) is 0.816. The van der Waals surface area contributed by atoms with Crippen LogP contribution in [-0.4, -0.2) is 37.0 Å². The van der Waals surface area contributed by atoms with Gasteiger partial charge in [0.1, 0.15) is 0 Å². The first kappa shape index (κ1) is 11.0. The molecule has 0 aromatic rings. The van der Waals surface area contributed by atoms with Crippen molar-refractivity contribution in [1.29, 1.82) is 0 Å². The van der Waals surface area contributed by atoms with E-state index in [0.717, 1.165) is 13.0 Å². The van der Waals surface area contributed by atoms with Gasteiger partial charge in [0, 0.05) is 6.54 Å². The van der Waals surface area contributed by atoms with Crippen LogP contribution < -0.4 is 5.32 Å². The molecule has 2 atom stereocenters. The fourth-order valence-electron chi connectivity index (χ4n) is 1.27. The average Bonchev–Trinajstić information content (AvgIpc) is 2.48. The number of hydrogen-bond acceptors (Lipinski definition) is 3. The van der Waals surface area contributed by atoms with E-state index in [4.69, 9.17) is 4.74 Å². The second-order valence-electron chi connectivity index (χ2n) is 4.61. The molecule has 0 aromatic carbocycles. The zero-order chi connectivity index (χ0) is 9.90. The first-order valence-electron chi connectivity index (χ1n) is 5.04. The SMILES string of the molecule is CCC(C)(C)CNC1COCC1O. The van der Waals surface area contributed by atoms with Gasteiger partial charge >= 0.3 is 0 Å². The van der Waals surface area contributed by atoms with Gasteiger partial charge in [-0.15, -0.1) is 0 Å². The van der Waals surface area contributed by atoms with Crippen molar-refractivity contribution in [3.8, 4) is 0 Å². The van der Waals surface area contributed by atoms with Crippen LogP contribution in [0.2, 0.25) is 0 Å². The normalized spacial score (nSPS) is 29.5. The third-order valence-corrected chi connectivity index (χ3v) is 2.85. The molecular formula is C10H21NO2. The van der Waals surface area contributed by atoms with Crippen molar-refractivity contribution in [3.05, 3.63) is 0 Å². The molecule has 3 heteroatoms. The van der Waals surface area contributed by atoms with E-state index in [1.807, 2.05) is 0 Å². The molecule has 0 saturated carbocycles. The van der Waals surface area contributed by atoms with Crippen molar-refractivity contribution < 1.29 is 9.84 Å². The van der Waals surface area contributed by atoms with E-state index in [1.165, 1.54) is 0 Å². The van der Waals surface area contributed by atoms with Gasteiger partial charge in [0.2, 0.25) is 0 Å².